The third-order valence-corrected chi connectivity index (χ3v) is 3.92. The molecule has 0 heterocycles. The minimum absolute atomic E-state index is 0.943. The van der Waals surface area contributed by atoms with Gasteiger partial charge in [0, 0.05) is 37.8 Å². The Hall–Kier alpha value is -2.87. The molecule has 0 aliphatic rings. The Kier molecular flexibility index (Phi) is 8.30. The Morgan fingerprint density at radius 1 is 1.08 bits per heavy atom. The zero-order valence-corrected chi connectivity index (χ0v) is 16.7. The summed E-state index contributed by atoms with van der Waals surface area (Å²) in [7, 11) is 3.97. The molecule has 0 radical (unpaired) electrons. The summed E-state index contributed by atoms with van der Waals surface area (Å²) in [6, 6.07) is 8.32. The standard InChI is InChI=1S/C24H30N2/c1-9-20(10-2)23-14-12-13-22(15-23)19(6)25-16-24(18(4)5)21(11-3)17-26(7)8/h9-17H,1,3-4H2,2,5-8H3/b20-10+,21-17+,24-16+,25-19?. The fourth-order valence-corrected chi connectivity index (χ4v) is 2.50. The van der Waals surface area contributed by atoms with Gasteiger partial charge >= 0.3 is 0 Å². The molecule has 2 heteroatoms. The Balaban J connectivity index is 3.32. The predicted molar refractivity (Wildman–Crippen MR) is 117 cm³/mol. The lowest BCUT2D eigenvalue weighted by atomic mass is 10.0. The molecule has 0 bridgehead atoms. The third kappa shape index (κ3) is 5.89. The summed E-state index contributed by atoms with van der Waals surface area (Å²) >= 11 is 0. The van der Waals surface area contributed by atoms with E-state index in [9.17, 15) is 0 Å². The van der Waals surface area contributed by atoms with Crippen molar-refractivity contribution < 1.29 is 0 Å². The Bertz CT molecular complexity index is 799. The molecule has 2 nitrogen and oxygen atoms in total. The molecule has 1 rings (SSSR count). The Labute approximate surface area is 159 Å². The molecule has 0 fully saturated rings. The van der Waals surface area contributed by atoms with Crippen LogP contribution in [-0.4, -0.2) is 24.7 Å². The number of hydrogen-bond donors (Lipinski definition) is 0. The highest BCUT2D eigenvalue weighted by atomic mass is 15.0. The Morgan fingerprint density at radius 2 is 1.73 bits per heavy atom. The molecule has 0 aliphatic carbocycles. The van der Waals surface area contributed by atoms with Gasteiger partial charge in [-0.1, -0.05) is 56.2 Å². The van der Waals surface area contributed by atoms with Gasteiger partial charge in [0.25, 0.3) is 0 Å². The summed E-state index contributed by atoms with van der Waals surface area (Å²) in [4.78, 5) is 6.67. The molecule has 26 heavy (non-hydrogen) atoms. The number of aliphatic imine (C=N–C) groups is 1. The number of nitrogens with zero attached hydrogens (tertiary/aromatic N) is 2. The minimum atomic E-state index is 0.943. The van der Waals surface area contributed by atoms with Gasteiger partial charge in [-0.05, 0) is 54.7 Å². The van der Waals surface area contributed by atoms with Crippen molar-refractivity contribution in [3.63, 3.8) is 0 Å². The SMILES string of the molecule is C=CC(=C\N(C)C)/C(=C/N=C(C)c1cccc(/C(C=C)=C/C)c1)C(=C)C. The van der Waals surface area contributed by atoms with Crippen LogP contribution in [0.2, 0.25) is 0 Å². The van der Waals surface area contributed by atoms with Gasteiger partial charge in [0.05, 0.1) is 0 Å². The quantitative estimate of drug-likeness (QED) is 0.405. The van der Waals surface area contributed by atoms with Crippen molar-refractivity contribution in [3.05, 3.63) is 102 Å². The van der Waals surface area contributed by atoms with Crippen molar-refractivity contribution in [2.24, 2.45) is 4.99 Å². The summed E-state index contributed by atoms with van der Waals surface area (Å²) in [6.45, 7) is 17.9. The van der Waals surface area contributed by atoms with Crippen LogP contribution in [0.4, 0.5) is 0 Å². The van der Waals surface area contributed by atoms with E-state index in [4.69, 9.17) is 0 Å². The van der Waals surface area contributed by atoms with Crippen molar-refractivity contribution in [1.82, 2.24) is 4.90 Å². The van der Waals surface area contributed by atoms with Gasteiger partial charge in [-0.15, -0.1) is 0 Å². The molecular weight excluding hydrogens is 316 g/mol. The van der Waals surface area contributed by atoms with Crippen LogP contribution >= 0.6 is 0 Å². The van der Waals surface area contributed by atoms with Gasteiger partial charge in [0.15, 0.2) is 0 Å². The maximum atomic E-state index is 4.69. The molecule has 1 aromatic rings. The maximum Gasteiger partial charge on any atom is 0.0445 e. The van der Waals surface area contributed by atoms with E-state index in [1.54, 1.807) is 0 Å². The molecule has 0 amide bonds. The van der Waals surface area contributed by atoms with E-state index in [2.05, 4.69) is 49.0 Å². The van der Waals surface area contributed by atoms with E-state index in [1.165, 1.54) is 0 Å². The van der Waals surface area contributed by atoms with Gasteiger partial charge < -0.3 is 4.90 Å². The van der Waals surface area contributed by atoms with Crippen molar-refractivity contribution in [3.8, 4) is 0 Å². The van der Waals surface area contributed by atoms with Crippen LogP contribution in [0.5, 0.6) is 0 Å². The van der Waals surface area contributed by atoms with Crippen LogP contribution in [0.3, 0.4) is 0 Å². The second-order valence-electron chi connectivity index (χ2n) is 6.32. The van der Waals surface area contributed by atoms with Gasteiger partial charge in [0.1, 0.15) is 0 Å². The normalized spacial score (nSPS) is 13.4. The summed E-state index contributed by atoms with van der Waals surface area (Å²) < 4.78 is 0. The van der Waals surface area contributed by atoms with E-state index in [1.807, 2.05) is 70.4 Å². The molecule has 0 saturated carbocycles. The molecule has 0 spiro atoms. The molecule has 0 unspecified atom stereocenters. The number of benzene rings is 1. The largest absolute Gasteiger partial charge is 0.383 e. The summed E-state index contributed by atoms with van der Waals surface area (Å²) in [5.74, 6) is 0. The van der Waals surface area contributed by atoms with Gasteiger partial charge in [-0.3, -0.25) is 4.99 Å². The smallest absolute Gasteiger partial charge is 0.0445 e. The second-order valence-corrected chi connectivity index (χ2v) is 6.32. The zero-order valence-electron chi connectivity index (χ0n) is 16.7. The van der Waals surface area contributed by atoms with E-state index in [0.717, 1.165) is 39.1 Å². The average molecular weight is 347 g/mol. The van der Waals surface area contributed by atoms with Crippen LogP contribution in [0.15, 0.2) is 96.3 Å². The highest BCUT2D eigenvalue weighted by Crippen LogP contribution is 2.21. The molecule has 0 N–H and O–H groups in total. The van der Waals surface area contributed by atoms with Crippen LogP contribution in [0.1, 0.15) is 31.9 Å². The van der Waals surface area contributed by atoms with Crippen molar-refractivity contribution >= 4 is 11.3 Å². The molecule has 0 aliphatic heterocycles. The molecular formula is C24H30N2. The van der Waals surface area contributed by atoms with E-state index < -0.39 is 0 Å². The third-order valence-electron chi connectivity index (χ3n) is 3.92. The Morgan fingerprint density at radius 3 is 2.23 bits per heavy atom. The molecule has 0 aromatic heterocycles. The lowest BCUT2D eigenvalue weighted by molar-refractivity contribution is 0.560. The second kappa shape index (κ2) is 10.2. The predicted octanol–water partition coefficient (Wildman–Crippen LogP) is 6.18. The van der Waals surface area contributed by atoms with Crippen molar-refractivity contribution in [1.29, 1.82) is 0 Å². The van der Waals surface area contributed by atoms with E-state index in [-0.39, 0.29) is 0 Å². The minimum Gasteiger partial charge on any atom is -0.383 e. The fraction of sp³-hybridized carbons (Fsp3) is 0.208. The highest BCUT2D eigenvalue weighted by molar-refractivity contribution is 6.00. The van der Waals surface area contributed by atoms with Crippen LogP contribution in [-0.2, 0) is 0 Å². The summed E-state index contributed by atoms with van der Waals surface area (Å²) in [5.41, 5.74) is 7.20. The summed E-state index contributed by atoms with van der Waals surface area (Å²) in [5, 5.41) is 0. The van der Waals surface area contributed by atoms with E-state index in [0.29, 0.717) is 0 Å². The number of rotatable bonds is 8. The maximum absolute atomic E-state index is 4.69. The zero-order chi connectivity index (χ0) is 19.7. The van der Waals surface area contributed by atoms with Gasteiger partial charge in [-0.2, -0.15) is 0 Å². The average Bonchev–Trinajstić information content (AvgIpc) is 2.61. The first-order valence-electron chi connectivity index (χ1n) is 8.65. The van der Waals surface area contributed by atoms with Crippen molar-refractivity contribution in [2.75, 3.05) is 14.1 Å². The van der Waals surface area contributed by atoms with E-state index >= 15 is 0 Å². The first-order valence-corrected chi connectivity index (χ1v) is 8.65. The molecule has 0 saturated heterocycles. The number of allylic oxidation sites excluding steroid dienone is 7. The summed E-state index contributed by atoms with van der Waals surface area (Å²) in [6.07, 6.45) is 9.63. The van der Waals surface area contributed by atoms with Crippen LogP contribution in [0.25, 0.3) is 5.57 Å². The number of hydrogen-bond acceptors (Lipinski definition) is 2. The highest BCUT2D eigenvalue weighted by Gasteiger charge is 2.05. The molecule has 1 aromatic carbocycles. The van der Waals surface area contributed by atoms with Gasteiger partial charge in [0.2, 0.25) is 0 Å². The lowest BCUT2D eigenvalue weighted by Gasteiger charge is -2.12. The monoisotopic (exact) mass is 346 g/mol. The lowest BCUT2D eigenvalue weighted by Crippen LogP contribution is -2.04. The van der Waals surface area contributed by atoms with Crippen molar-refractivity contribution in [2.45, 2.75) is 20.8 Å². The van der Waals surface area contributed by atoms with Crippen LogP contribution < -0.4 is 0 Å². The van der Waals surface area contributed by atoms with Crippen LogP contribution in [0, 0.1) is 0 Å². The topological polar surface area (TPSA) is 15.6 Å². The molecule has 0 atom stereocenters. The molecule has 136 valence electrons. The fourth-order valence-electron chi connectivity index (χ4n) is 2.50. The first kappa shape index (κ1) is 21.2. The first-order chi connectivity index (χ1) is 12.3. The van der Waals surface area contributed by atoms with Gasteiger partial charge in [-0.25, -0.2) is 0 Å².